The van der Waals surface area contributed by atoms with Gasteiger partial charge in [0.2, 0.25) is 6.23 Å². The fourth-order valence-electron chi connectivity index (χ4n) is 2.51. The molecule has 0 radical (unpaired) electrons. The van der Waals surface area contributed by atoms with E-state index in [0.29, 0.717) is 19.7 Å². The Bertz CT molecular complexity index is 552. The molecule has 0 spiro atoms. The molecule has 7 heteroatoms. The minimum Gasteiger partial charge on any atom is -0.431 e. The van der Waals surface area contributed by atoms with Gasteiger partial charge in [-0.3, -0.25) is 4.90 Å². The summed E-state index contributed by atoms with van der Waals surface area (Å²) in [7, 11) is 0. The van der Waals surface area contributed by atoms with Crippen LogP contribution in [0.3, 0.4) is 0 Å². The normalized spacial score (nSPS) is 29.5. The van der Waals surface area contributed by atoms with Crippen LogP contribution in [0.2, 0.25) is 0 Å². The highest BCUT2D eigenvalue weighted by Crippen LogP contribution is 2.33. The smallest absolute Gasteiger partial charge is 0.420 e. The first kappa shape index (κ1) is 14.3. The van der Waals surface area contributed by atoms with Crippen molar-refractivity contribution >= 4 is 23.5 Å². The first-order valence-electron chi connectivity index (χ1n) is 6.56. The molecule has 2 atom stereocenters. The minimum atomic E-state index is -1.43. The summed E-state index contributed by atoms with van der Waals surface area (Å²) in [5.41, 5.74) is 1.05. The standard InChI is InChI=1S/C14H14ClNO5/c15-9-14-13(20-11(17)12(18)21-14)16(6-7-19-14)8-10-4-2-1-3-5-10/h1-5,13H,6-9H2. The Morgan fingerprint density at radius 1 is 1.24 bits per heavy atom. The van der Waals surface area contributed by atoms with E-state index in [0.717, 1.165) is 5.56 Å². The van der Waals surface area contributed by atoms with Gasteiger partial charge in [0.1, 0.15) is 0 Å². The van der Waals surface area contributed by atoms with Crippen LogP contribution < -0.4 is 0 Å². The van der Waals surface area contributed by atoms with Gasteiger partial charge in [0, 0.05) is 13.1 Å². The van der Waals surface area contributed by atoms with Gasteiger partial charge in [0.15, 0.2) is 0 Å². The first-order valence-corrected chi connectivity index (χ1v) is 7.10. The molecule has 2 saturated heterocycles. The van der Waals surface area contributed by atoms with Crippen molar-refractivity contribution in [1.82, 2.24) is 4.90 Å². The molecule has 21 heavy (non-hydrogen) atoms. The number of carbonyl (C=O) groups is 2. The summed E-state index contributed by atoms with van der Waals surface area (Å²) in [5, 5.41) is 0. The lowest BCUT2D eigenvalue weighted by atomic mass is 10.1. The van der Waals surface area contributed by atoms with Crippen molar-refractivity contribution < 1.29 is 23.8 Å². The molecule has 112 valence electrons. The maximum absolute atomic E-state index is 11.5. The Labute approximate surface area is 126 Å². The van der Waals surface area contributed by atoms with Gasteiger partial charge in [-0.15, -0.1) is 11.6 Å². The molecule has 2 heterocycles. The number of halogens is 1. The average molecular weight is 312 g/mol. The molecule has 2 aliphatic rings. The summed E-state index contributed by atoms with van der Waals surface area (Å²) in [5.74, 6) is -3.64. The van der Waals surface area contributed by atoms with Crippen molar-refractivity contribution in [3.05, 3.63) is 35.9 Å². The van der Waals surface area contributed by atoms with Gasteiger partial charge in [-0.05, 0) is 5.56 Å². The summed E-state index contributed by atoms with van der Waals surface area (Å²) >= 11 is 5.91. The van der Waals surface area contributed by atoms with Crippen molar-refractivity contribution in [3.63, 3.8) is 0 Å². The number of esters is 2. The molecule has 0 N–H and O–H groups in total. The molecule has 0 saturated carbocycles. The average Bonchev–Trinajstić information content (AvgIpc) is 2.50. The summed E-state index contributed by atoms with van der Waals surface area (Å²) in [6.07, 6.45) is -0.839. The topological polar surface area (TPSA) is 65.1 Å². The molecule has 6 nitrogen and oxygen atoms in total. The van der Waals surface area contributed by atoms with Crippen molar-refractivity contribution in [2.75, 3.05) is 19.0 Å². The maximum Gasteiger partial charge on any atom is 0.420 e. The first-order chi connectivity index (χ1) is 10.1. The van der Waals surface area contributed by atoms with Gasteiger partial charge in [-0.25, -0.2) is 9.59 Å². The van der Waals surface area contributed by atoms with Crippen molar-refractivity contribution in [2.45, 2.75) is 18.6 Å². The predicted molar refractivity (Wildman–Crippen MR) is 72.2 cm³/mol. The van der Waals surface area contributed by atoms with Crippen LogP contribution in [0.5, 0.6) is 0 Å². The molecule has 0 aliphatic carbocycles. The number of rotatable bonds is 3. The largest absolute Gasteiger partial charge is 0.431 e. The Morgan fingerprint density at radius 3 is 2.71 bits per heavy atom. The third-order valence-corrected chi connectivity index (χ3v) is 3.87. The Balaban J connectivity index is 1.84. The van der Waals surface area contributed by atoms with Crippen molar-refractivity contribution in [2.24, 2.45) is 0 Å². The highest BCUT2D eigenvalue weighted by molar-refractivity contribution is 6.30. The molecule has 1 aromatic carbocycles. The molecule has 2 fully saturated rings. The van der Waals surface area contributed by atoms with Crippen LogP contribution in [0, 0.1) is 0 Å². The van der Waals surface area contributed by atoms with Crippen LogP contribution in [0.15, 0.2) is 30.3 Å². The zero-order valence-corrected chi connectivity index (χ0v) is 11.9. The summed E-state index contributed by atoms with van der Waals surface area (Å²) in [4.78, 5) is 24.8. The number of benzene rings is 1. The predicted octanol–water partition coefficient (Wildman–Crippen LogP) is 0.880. The van der Waals surface area contributed by atoms with E-state index in [-0.39, 0.29) is 5.88 Å². The van der Waals surface area contributed by atoms with E-state index < -0.39 is 24.0 Å². The number of alkyl halides is 1. The Kier molecular flexibility index (Phi) is 3.84. The number of ether oxygens (including phenoxy) is 3. The molecular formula is C14H14ClNO5. The third kappa shape index (κ3) is 2.62. The van der Waals surface area contributed by atoms with Crippen LogP contribution in [-0.4, -0.2) is 47.9 Å². The number of hydrogen-bond acceptors (Lipinski definition) is 6. The lowest BCUT2D eigenvalue weighted by Gasteiger charge is -2.48. The second-order valence-electron chi connectivity index (χ2n) is 4.90. The van der Waals surface area contributed by atoms with Gasteiger partial charge in [0.25, 0.3) is 5.79 Å². The molecule has 0 bridgehead atoms. The van der Waals surface area contributed by atoms with Crippen molar-refractivity contribution in [1.29, 1.82) is 0 Å². The number of morpholine rings is 1. The lowest BCUT2D eigenvalue weighted by molar-refractivity contribution is -0.331. The number of fused-ring (bicyclic) bond motifs is 1. The van der Waals surface area contributed by atoms with Gasteiger partial charge in [-0.1, -0.05) is 30.3 Å². The quantitative estimate of drug-likeness (QED) is 0.469. The SMILES string of the molecule is O=C1OC2N(Cc3ccccc3)CCOC2(CCl)OC1=O. The van der Waals surface area contributed by atoms with Crippen molar-refractivity contribution in [3.8, 4) is 0 Å². The molecule has 3 rings (SSSR count). The van der Waals surface area contributed by atoms with E-state index in [1.54, 1.807) is 0 Å². The van der Waals surface area contributed by atoms with Gasteiger partial charge in [0.05, 0.1) is 12.5 Å². The lowest BCUT2D eigenvalue weighted by Crippen LogP contribution is -2.67. The fraction of sp³-hybridized carbons (Fsp3) is 0.429. The molecule has 0 amide bonds. The minimum absolute atomic E-state index is 0.109. The van der Waals surface area contributed by atoms with Gasteiger partial charge >= 0.3 is 11.9 Å². The van der Waals surface area contributed by atoms with Gasteiger partial charge in [-0.2, -0.15) is 0 Å². The Morgan fingerprint density at radius 2 is 2.00 bits per heavy atom. The third-order valence-electron chi connectivity index (χ3n) is 3.50. The van der Waals surface area contributed by atoms with Crippen LogP contribution in [-0.2, 0) is 30.3 Å². The van der Waals surface area contributed by atoms with Crippen LogP contribution in [0.4, 0.5) is 0 Å². The molecule has 1 aromatic rings. The van der Waals surface area contributed by atoms with Gasteiger partial charge < -0.3 is 14.2 Å². The second kappa shape index (κ2) is 5.63. The molecular weight excluding hydrogens is 298 g/mol. The Hall–Kier alpha value is -1.63. The van der Waals surface area contributed by atoms with Crippen LogP contribution in [0.25, 0.3) is 0 Å². The maximum atomic E-state index is 11.5. The second-order valence-corrected chi connectivity index (χ2v) is 5.16. The van der Waals surface area contributed by atoms with E-state index in [4.69, 9.17) is 25.8 Å². The number of nitrogens with zero attached hydrogens (tertiary/aromatic N) is 1. The van der Waals surface area contributed by atoms with Crippen LogP contribution >= 0.6 is 11.6 Å². The van der Waals surface area contributed by atoms with E-state index in [9.17, 15) is 9.59 Å². The fourth-order valence-corrected chi connectivity index (χ4v) is 2.77. The summed E-state index contributed by atoms with van der Waals surface area (Å²) < 4.78 is 15.8. The van der Waals surface area contributed by atoms with Crippen LogP contribution in [0.1, 0.15) is 5.56 Å². The van der Waals surface area contributed by atoms with E-state index in [2.05, 4.69) is 0 Å². The number of hydrogen-bond donors (Lipinski definition) is 0. The highest BCUT2D eigenvalue weighted by Gasteiger charge is 2.56. The molecule has 0 aromatic heterocycles. The number of carbonyl (C=O) groups excluding carboxylic acids is 2. The monoisotopic (exact) mass is 311 g/mol. The highest BCUT2D eigenvalue weighted by atomic mass is 35.5. The zero-order valence-electron chi connectivity index (χ0n) is 11.2. The summed E-state index contributed by atoms with van der Waals surface area (Å²) in [6.45, 7) is 1.42. The molecule has 2 aliphatic heterocycles. The zero-order chi connectivity index (χ0) is 14.9. The van der Waals surface area contributed by atoms with E-state index >= 15 is 0 Å². The summed E-state index contributed by atoms with van der Waals surface area (Å²) in [6, 6.07) is 9.71. The molecule has 2 unspecified atom stereocenters. The van der Waals surface area contributed by atoms with E-state index in [1.165, 1.54) is 0 Å². The van der Waals surface area contributed by atoms with E-state index in [1.807, 2.05) is 35.2 Å².